The normalized spacial score (nSPS) is 11.8. The lowest BCUT2D eigenvalue weighted by Gasteiger charge is -2.13. The Bertz CT molecular complexity index is 972. The summed E-state index contributed by atoms with van der Waals surface area (Å²) in [4.78, 5) is 0.241. The first-order valence-electron chi connectivity index (χ1n) is 7.50. The molecule has 0 amide bonds. The second-order valence-corrected chi connectivity index (χ2v) is 7.44. The molecule has 0 spiro atoms. The van der Waals surface area contributed by atoms with Gasteiger partial charge in [0.05, 0.1) is 4.90 Å². The molecule has 0 aliphatic carbocycles. The summed E-state index contributed by atoms with van der Waals surface area (Å²) >= 11 is 0. The molecule has 3 aromatic rings. The highest BCUT2D eigenvalue weighted by molar-refractivity contribution is 7.90. The highest BCUT2D eigenvalue weighted by Crippen LogP contribution is 2.33. The molecule has 0 aliphatic rings. The van der Waals surface area contributed by atoms with Crippen molar-refractivity contribution >= 4 is 20.9 Å². The van der Waals surface area contributed by atoms with Crippen molar-refractivity contribution in [3.05, 3.63) is 59.8 Å². The van der Waals surface area contributed by atoms with Crippen LogP contribution in [0.15, 0.2) is 53.6 Å². The first kappa shape index (κ1) is 16.5. The Morgan fingerprint density at radius 1 is 1.00 bits per heavy atom. The van der Waals surface area contributed by atoms with E-state index in [4.69, 9.17) is 9.47 Å². The fourth-order valence-electron chi connectivity index (χ4n) is 2.60. The number of fused-ring (bicyclic) bond motifs is 1. The van der Waals surface area contributed by atoms with Gasteiger partial charge in [0.25, 0.3) is 10.0 Å². The van der Waals surface area contributed by atoms with Crippen LogP contribution >= 0.6 is 0 Å². The molecule has 0 saturated heterocycles. The minimum atomic E-state index is -3.71. The molecule has 0 aliphatic heterocycles. The summed E-state index contributed by atoms with van der Waals surface area (Å²) in [6.45, 7) is 3.84. The standard InChI is InChI=1S/C18H19NO4S/c1-13-4-8-16(9-5-13)24(20,21)19-11-10-15-7-6-14(2)18(17(15)19)23-12-22-3/h4-11H,12H2,1-3H3. The topological polar surface area (TPSA) is 57.5 Å². The molecule has 0 atom stereocenters. The molecule has 24 heavy (non-hydrogen) atoms. The molecular weight excluding hydrogens is 326 g/mol. The zero-order valence-corrected chi connectivity index (χ0v) is 14.6. The van der Waals surface area contributed by atoms with E-state index in [1.165, 1.54) is 11.1 Å². The lowest BCUT2D eigenvalue weighted by Crippen LogP contribution is -2.13. The SMILES string of the molecule is COCOc1c(C)ccc2ccn(S(=O)(=O)c3ccc(C)cc3)c12. The largest absolute Gasteiger partial charge is 0.465 e. The van der Waals surface area contributed by atoms with Gasteiger partial charge >= 0.3 is 0 Å². The van der Waals surface area contributed by atoms with Crippen molar-refractivity contribution in [2.24, 2.45) is 0 Å². The Balaban J connectivity index is 2.22. The lowest BCUT2D eigenvalue weighted by atomic mass is 10.1. The van der Waals surface area contributed by atoms with Gasteiger partial charge in [0, 0.05) is 18.7 Å². The van der Waals surface area contributed by atoms with Crippen LogP contribution < -0.4 is 4.74 Å². The highest BCUT2D eigenvalue weighted by Gasteiger charge is 2.22. The van der Waals surface area contributed by atoms with Crippen LogP contribution in [0, 0.1) is 13.8 Å². The zero-order valence-electron chi connectivity index (χ0n) is 13.8. The van der Waals surface area contributed by atoms with Crippen LogP contribution in [0.1, 0.15) is 11.1 Å². The van der Waals surface area contributed by atoms with Crippen LogP contribution in [0.4, 0.5) is 0 Å². The van der Waals surface area contributed by atoms with Gasteiger partial charge in [-0.3, -0.25) is 0 Å². The Morgan fingerprint density at radius 2 is 1.71 bits per heavy atom. The summed E-state index contributed by atoms with van der Waals surface area (Å²) in [5, 5.41) is 0.794. The van der Waals surface area contributed by atoms with E-state index >= 15 is 0 Å². The first-order valence-corrected chi connectivity index (χ1v) is 8.94. The van der Waals surface area contributed by atoms with Gasteiger partial charge in [0.15, 0.2) is 12.5 Å². The summed E-state index contributed by atoms with van der Waals surface area (Å²) in [5.41, 5.74) is 2.37. The van der Waals surface area contributed by atoms with Gasteiger partial charge in [-0.05, 0) is 37.6 Å². The van der Waals surface area contributed by atoms with Crippen LogP contribution in [-0.2, 0) is 14.8 Å². The van der Waals surface area contributed by atoms with E-state index in [0.717, 1.165) is 16.5 Å². The molecule has 1 heterocycles. The predicted molar refractivity (Wildman–Crippen MR) is 92.9 cm³/mol. The number of ether oxygens (including phenoxy) is 2. The maximum Gasteiger partial charge on any atom is 0.268 e. The smallest absolute Gasteiger partial charge is 0.268 e. The molecule has 1 aromatic heterocycles. The number of aryl methyl sites for hydroxylation is 2. The average molecular weight is 345 g/mol. The van der Waals surface area contributed by atoms with Gasteiger partial charge in [-0.1, -0.05) is 29.8 Å². The maximum absolute atomic E-state index is 13.0. The average Bonchev–Trinajstić information content (AvgIpc) is 2.99. The molecule has 0 unspecified atom stereocenters. The molecule has 0 bridgehead atoms. The number of hydrogen-bond donors (Lipinski definition) is 0. The molecule has 6 heteroatoms. The zero-order chi connectivity index (χ0) is 17.3. The van der Waals surface area contributed by atoms with E-state index < -0.39 is 10.0 Å². The van der Waals surface area contributed by atoms with Crippen LogP contribution in [-0.4, -0.2) is 26.3 Å². The summed E-state index contributed by atoms with van der Waals surface area (Å²) in [6.07, 6.45) is 1.55. The third-order valence-electron chi connectivity index (χ3n) is 3.87. The molecular formula is C18H19NO4S. The van der Waals surface area contributed by atoms with Crippen molar-refractivity contribution in [3.8, 4) is 5.75 Å². The molecule has 0 saturated carbocycles. The number of rotatable bonds is 5. The molecule has 2 aromatic carbocycles. The Hall–Kier alpha value is -2.31. The summed E-state index contributed by atoms with van der Waals surface area (Å²) in [5.74, 6) is 0.509. The molecule has 0 radical (unpaired) electrons. The Morgan fingerprint density at radius 3 is 2.38 bits per heavy atom. The Labute approximate surface area is 141 Å². The second kappa shape index (κ2) is 6.30. The number of benzene rings is 2. The maximum atomic E-state index is 13.0. The van der Waals surface area contributed by atoms with Crippen molar-refractivity contribution < 1.29 is 17.9 Å². The van der Waals surface area contributed by atoms with Crippen molar-refractivity contribution in [2.75, 3.05) is 13.9 Å². The Kier molecular flexibility index (Phi) is 4.34. The quantitative estimate of drug-likeness (QED) is 0.664. The molecule has 0 fully saturated rings. The van der Waals surface area contributed by atoms with E-state index in [1.54, 1.807) is 36.5 Å². The molecule has 0 N–H and O–H groups in total. The van der Waals surface area contributed by atoms with Gasteiger partial charge in [-0.25, -0.2) is 12.4 Å². The van der Waals surface area contributed by atoms with E-state index in [-0.39, 0.29) is 11.7 Å². The van der Waals surface area contributed by atoms with E-state index in [9.17, 15) is 8.42 Å². The van der Waals surface area contributed by atoms with Crippen molar-refractivity contribution in [1.82, 2.24) is 3.97 Å². The molecule has 5 nitrogen and oxygen atoms in total. The first-order chi connectivity index (χ1) is 11.4. The highest BCUT2D eigenvalue weighted by atomic mass is 32.2. The van der Waals surface area contributed by atoms with Crippen molar-refractivity contribution in [1.29, 1.82) is 0 Å². The summed E-state index contributed by atoms with van der Waals surface area (Å²) in [6, 6.07) is 12.3. The van der Waals surface area contributed by atoms with Crippen molar-refractivity contribution in [2.45, 2.75) is 18.7 Å². The third-order valence-corrected chi connectivity index (χ3v) is 5.56. The van der Waals surface area contributed by atoms with Gasteiger partial charge in [0.2, 0.25) is 0 Å². The minimum Gasteiger partial charge on any atom is -0.465 e. The number of hydrogen-bond acceptors (Lipinski definition) is 4. The third kappa shape index (κ3) is 2.79. The van der Waals surface area contributed by atoms with E-state index in [2.05, 4.69) is 0 Å². The lowest BCUT2D eigenvalue weighted by molar-refractivity contribution is 0.0516. The minimum absolute atomic E-state index is 0.0513. The van der Waals surface area contributed by atoms with Crippen LogP contribution in [0.25, 0.3) is 10.9 Å². The summed E-state index contributed by atoms with van der Waals surface area (Å²) in [7, 11) is -2.18. The van der Waals surface area contributed by atoms with Gasteiger partial charge in [-0.15, -0.1) is 0 Å². The monoisotopic (exact) mass is 345 g/mol. The number of methoxy groups -OCH3 is 1. The van der Waals surface area contributed by atoms with E-state index in [1.807, 2.05) is 26.0 Å². The molecule has 3 rings (SSSR count). The predicted octanol–water partition coefficient (Wildman–Crippen LogP) is 3.48. The summed E-state index contributed by atoms with van der Waals surface area (Å²) < 4.78 is 37.9. The van der Waals surface area contributed by atoms with Crippen molar-refractivity contribution in [3.63, 3.8) is 0 Å². The van der Waals surface area contributed by atoms with Gasteiger partial charge in [0.1, 0.15) is 5.52 Å². The fraction of sp³-hybridized carbons (Fsp3) is 0.222. The van der Waals surface area contributed by atoms with Gasteiger partial charge < -0.3 is 9.47 Å². The van der Waals surface area contributed by atoms with E-state index in [0.29, 0.717) is 11.3 Å². The fourth-order valence-corrected chi connectivity index (χ4v) is 3.95. The molecule has 126 valence electrons. The second-order valence-electron chi connectivity index (χ2n) is 5.63. The van der Waals surface area contributed by atoms with Crippen LogP contribution in [0.3, 0.4) is 0 Å². The van der Waals surface area contributed by atoms with Crippen LogP contribution in [0.5, 0.6) is 5.75 Å². The van der Waals surface area contributed by atoms with Gasteiger partial charge in [-0.2, -0.15) is 0 Å². The number of nitrogens with zero attached hydrogens (tertiary/aromatic N) is 1. The van der Waals surface area contributed by atoms with Crippen LogP contribution in [0.2, 0.25) is 0 Å². The number of aromatic nitrogens is 1.